The summed E-state index contributed by atoms with van der Waals surface area (Å²) in [4.78, 5) is 17.3. The summed E-state index contributed by atoms with van der Waals surface area (Å²) in [7, 11) is 4.63. The number of hydrogen-bond acceptors (Lipinski definition) is 8. The third kappa shape index (κ3) is 5.95. The normalized spacial score (nSPS) is 10.6. The van der Waals surface area contributed by atoms with Crippen LogP contribution >= 0.6 is 11.3 Å². The fourth-order valence-corrected chi connectivity index (χ4v) is 4.53. The van der Waals surface area contributed by atoms with Gasteiger partial charge in [0.2, 0.25) is 0 Å². The van der Waals surface area contributed by atoms with E-state index in [9.17, 15) is 4.79 Å². The number of rotatable bonds is 10. The average Bonchev–Trinajstić information content (AvgIpc) is 3.35. The Balaban J connectivity index is 1.56. The molecule has 0 aliphatic carbocycles. The first-order chi connectivity index (χ1) is 17.5. The zero-order valence-corrected chi connectivity index (χ0v) is 21.4. The molecule has 0 unspecified atom stereocenters. The van der Waals surface area contributed by atoms with Crippen molar-refractivity contribution in [2.75, 3.05) is 27.9 Å². The lowest BCUT2D eigenvalue weighted by Crippen LogP contribution is -2.13. The zero-order chi connectivity index (χ0) is 25.5. The molecule has 1 heterocycles. The van der Waals surface area contributed by atoms with Gasteiger partial charge in [-0.25, -0.2) is 9.78 Å². The minimum absolute atomic E-state index is 0.140. The minimum atomic E-state index is -0.432. The fraction of sp³-hybridized carbons (Fsp3) is 0.214. The van der Waals surface area contributed by atoms with E-state index in [0.717, 1.165) is 43.8 Å². The molecular weight excluding hydrogens is 478 g/mol. The molecule has 0 atom stereocenters. The van der Waals surface area contributed by atoms with Crippen molar-refractivity contribution in [2.24, 2.45) is 0 Å². The average molecular weight is 506 g/mol. The summed E-state index contributed by atoms with van der Waals surface area (Å²) in [6.07, 6.45) is 0. The molecule has 8 heteroatoms. The standard InChI is InChI=1S/C28H27NO6S/c1-18-15-23(13-14-24(18)35-17-26(30)33-4)34-16-25-29-27(19-5-9-21(31-2)10-6-19)28(36-25)20-7-11-22(32-3)12-8-20/h5-15H,16-17H2,1-4H3. The van der Waals surface area contributed by atoms with Crippen molar-refractivity contribution in [1.29, 1.82) is 0 Å². The molecule has 0 aliphatic heterocycles. The molecule has 7 nitrogen and oxygen atoms in total. The molecule has 4 rings (SSSR count). The van der Waals surface area contributed by atoms with Crippen LogP contribution in [0.5, 0.6) is 23.0 Å². The Morgan fingerprint density at radius 2 is 1.42 bits per heavy atom. The number of carbonyl (C=O) groups is 1. The quantitative estimate of drug-likeness (QED) is 0.247. The second kappa shape index (κ2) is 11.6. The van der Waals surface area contributed by atoms with Crippen LogP contribution in [0, 0.1) is 6.92 Å². The van der Waals surface area contributed by atoms with Crippen molar-refractivity contribution in [2.45, 2.75) is 13.5 Å². The number of benzene rings is 3. The molecule has 0 radical (unpaired) electrons. The lowest BCUT2D eigenvalue weighted by atomic mass is 10.1. The topological polar surface area (TPSA) is 76.1 Å². The summed E-state index contributed by atoms with van der Waals surface area (Å²) >= 11 is 1.59. The van der Waals surface area contributed by atoms with Gasteiger partial charge in [0.05, 0.1) is 31.9 Å². The van der Waals surface area contributed by atoms with Gasteiger partial charge in [-0.1, -0.05) is 0 Å². The summed E-state index contributed by atoms with van der Waals surface area (Å²) < 4.78 is 26.8. The Bertz CT molecular complexity index is 1250. The number of esters is 1. The number of thiazole rings is 1. The molecule has 4 aromatic rings. The Kier molecular flexibility index (Phi) is 8.07. The summed E-state index contributed by atoms with van der Waals surface area (Å²) in [6, 6.07) is 21.2. The summed E-state index contributed by atoms with van der Waals surface area (Å²) in [6.45, 7) is 2.07. The highest BCUT2D eigenvalue weighted by Crippen LogP contribution is 2.38. The highest BCUT2D eigenvalue weighted by atomic mass is 32.1. The van der Waals surface area contributed by atoms with Crippen LogP contribution in [0.2, 0.25) is 0 Å². The Morgan fingerprint density at radius 1 is 0.806 bits per heavy atom. The maximum atomic E-state index is 11.3. The molecule has 0 N–H and O–H groups in total. The predicted octanol–water partition coefficient (Wildman–Crippen LogP) is 5.93. The van der Waals surface area contributed by atoms with Crippen LogP contribution in [0.3, 0.4) is 0 Å². The van der Waals surface area contributed by atoms with E-state index >= 15 is 0 Å². The van der Waals surface area contributed by atoms with Crippen LogP contribution < -0.4 is 18.9 Å². The van der Waals surface area contributed by atoms with E-state index in [-0.39, 0.29) is 6.61 Å². The van der Waals surface area contributed by atoms with Crippen molar-refractivity contribution >= 4 is 17.3 Å². The lowest BCUT2D eigenvalue weighted by Gasteiger charge is -2.10. The minimum Gasteiger partial charge on any atom is -0.497 e. The molecule has 36 heavy (non-hydrogen) atoms. The van der Waals surface area contributed by atoms with Crippen LogP contribution in [0.25, 0.3) is 21.7 Å². The first kappa shape index (κ1) is 25.1. The maximum Gasteiger partial charge on any atom is 0.343 e. The Hall–Kier alpha value is -4.04. The summed E-state index contributed by atoms with van der Waals surface area (Å²) in [5.74, 6) is 2.44. The number of ether oxygens (including phenoxy) is 5. The number of aryl methyl sites for hydroxylation is 1. The number of aromatic nitrogens is 1. The molecular formula is C28H27NO6S. The molecule has 0 saturated heterocycles. The molecule has 0 fully saturated rings. The van der Waals surface area contributed by atoms with E-state index < -0.39 is 5.97 Å². The first-order valence-electron chi connectivity index (χ1n) is 11.2. The third-order valence-corrected chi connectivity index (χ3v) is 6.55. The predicted molar refractivity (Wildman–Crippen MR) is 139 cm³/mol. The SMILES string of the molecule is COC(=O)COc1ccc(OCc2nc(-c3ccc(OC)cc3)c(-c3ccc(OC)cc3)s2)cc1C. The van der Waals surface area contributed by atoms with E-state index in [1.807, 2.05) is 67.6 Å². The molecule has 0 saturated carbocycles. The van der Waals surface area contributed by atoms with E-state index in [1.165, 1.54) is 7.11 Å². The third-order valence-electron chi connectivity index (χ3n) is 5.47. The number of methoxy groups -OCH3 is 3. The number of carbonyl (C=O) groups excluding carboxylic acids is 1. The van der Waals surface area contributed by atoms with E-state index in [2.05, 4.69) is 4.74 Å². The monoisotopic (exact) mass is 505 g/mol. The van der Waals surface area contributed by atoms with E-state index in [1.54, 1.807) is 31.6 Å². The largest absolute Gasteiger partial charge is 0.497 e. The van der Waals surface area contributed by atoms with Crippen LogP contribution in [0.15, 0.2) is 66.7 Å². The Labute approximate surface area is 214 Å². The molecule has 0 spiro atoms. The van der Waals surface area contributed by atoms with Crippen LogP contribution in [0.4, 0.5) is 0 Å². The van der Waals surface area contributed by atoms with Gasteiger partial charge in [-0.2, -0.15) is 0 Å². The van der Waals surface area contributed by atoms with Gasteiger partial charge < -0.3 is 23.7 Å². The second-order valence-electron chi connectivity index (χ2n) is 7.82. The first-order valence-corrected chi connectivity index (χ1v) is 12.0. The van der Waals surface area contributed by atoms with Crippen molar-refractivity contribution in [1.82, 2.24) is 4.98 Å². The summed E-state index contributed by atoms with van der Waals surface area (Å²) in [5.41, 5.74) is 3.78. The van der Waals surface area contributed by atoms with Gasteiger partial charge in [0.15, 0.2) is 6.61 Å². The number of nitrogens with zero attached hydrogens (tertiary/aromatic N) is 1. The van der Waals surface area contributed by atoms with Gasteiger partial charge in [0, 0.05) is 5.56 Å². The highest BCUT2D eigenvalue weighted by molar-refractivity contribution is 7.15. The molecule has 0 aliphatic rings. The molecule has 0 amide bonds. The van der Waals surface area contributed by atoms with Crippen molar-refractivity contribution in [3.63, 3.8) is 0 Å². The van der Waals surface area contributed by atoms with E-state index in [4.69, 9.17) is 23.9 Å². The lowest BCUT2D eigenvalue weighted by molar-refractivity contribution is -0.142. The van der Waals surface area contributed by atoms with Crippen molar-refractivity contribution < 1.29 is 28.5 Å². The Morgan fingerprint density at radius 3 is 2.00 bits per heavy atom. The molecule has 1 aromatic heterocycles. The fourth-order valence-electron chi connectivity index (χ4n) is 3.52. The molecule has 0 bridgehead atoms. The van der Waals surface area contributed by atoms with Crippen LogP contribution in [0.1, 0.15) is 10.6 Å². The van der Waals surface area contributed by atoms with Crippen LogP contribution in [-0.4, -0.2) is 38.9 Å². The maximum absolute atomic E-state index is 11.3. The zero-order valence-electron chi connectivity index (χ0n) is 20.6. The second-order valence-corrected chi connectivity index (χ2v) is 8.91. The van der Waals surface area contributed by atoms with Gasteiger partial charge in [-0.15, -0.1) is 11.3 Å². The van der Waals surface area contributed by atoms with Crippen LogP contribution in [-0.2, 0) is 16.1 Å². The van der Waals surface area contributed by atoms with Gasteiger partial charge >= 0.3 is 5.97 Å². The van der Waals surface area contributed by atoms with E-state index in [0.29, 0.717) is 18.1 Å². The highest BCUT2D eigenvalue weighted by Gasteiger charge is 2.16. The summed E-state index contributed by atoms with van der Waals surface area (Å²) in [5, 5.41) is 0.843. The smallest absolute Gasteiger partial charge is 0.343 e. The molecule has 186 valence electrons. The van der Waals surface area contributed by atoms with Gasteiger partial charge in [0.25, 0.3) is 0 Å². The van der Waals surface area contributed by atoms with Gasteiger partial charge in [-0.3, -0.25) is 0 Å². The number of hydrogen-bond donors (Lipinski definition) is 0. The van der Waals surface area contributed by atoms with Crippen molar-refractivity contribution in [3.8, 4) is 44.7 Å². The van der Waals surface area contributed by atoms with Crippen molar-refractivity contribution in [3.05, 3.63) is 77.3 Å². The van der Waals surface area contributed by atoms with Gasteiger partial charge in [0.1, 0.15) is 34.6 Å². The van der Waals surface area contributed by atoms with Gasteiger partial charge in [-0.05, 0) is 84.8 Å². The molecule has 3 aromatic carbocycles.